The van der Waals surface area contributed by atoms with Crippen LogP contribution in [0.2, 0.25) is 10.3 Å². The van der Waals surface area contributed by atoms with E-state index in [0.717, 1.165) is 25.9 Å². The van der Waals surface area contributed by atoms with Crippen LogP contribution in [0.4, 0.5) is 0 Å². The van der Waals surface area contributed by atoms with Crippen LogP contribution in [0.25, 0.3) is 0 Å². The monoisotopic (exact) mass is 272 g/mol. The summed E-state index contributed by atoms with van der Waals surface area (Å²) in [6, 6.07) is 3.18. The number of pyridine rings is 1. The second-order valence-corrected chi connectivity index (χ2v) is 5.22. The van der Waals surface area contributed by atoms with Gasteiger partial charge in [-0.15, -0.1) is 0 Å². The van der Waals surface area contributed by atoms with Gasteiger partial charge in [-0.1, -0.05) is 23.2 Å². The Labute approximate surface area is 111 Å². The molecule has 92 valence electrons. The first-order chi connectivity index (χ1) is 8.06. The van der Waals surface area contributed by atoms with E-state index in [9.17, 15) is 4.79 Å². The Morgan fingerprint density at radius 1 is 1.29 bits per heavy atom. The van der Waals surface area contributed by atoms with E-state index in [1.807, 2.05) is 0 Å². The van der Waals surface area contributed by atoms with E-state index in [-0.39, 0.29) is 22.0 Å². The number of Topliss-reactive ketones (excluding diaryl/α,β-unsaturated/α-hetero) is 1. The lowest BCUT2D eigenvalue weighted by Crippen LogP contribution is -2.33. The van der Waals surface area contributed by atoms with E-state index in [1.54, 1.807) is 12.1 Å². The molecule has 0 N–H and O–H groups in total. The summed E-state index contributed by atoms with van der Waals surface area (Å²) < 4.78 is 0. The molecule has 1 aromatic heterocycles. The van der Waals surface area contributed by atoms with Crippen molar-refractivity contribution in [3.05, 3.63) is 28.0 Å². The number of aromatic nitrogens is 1. The predicted molar refractivity (Wildman–Crippen MR) is 68.8 cm³/mol. The van der Waals surface area contributed by atoms with Crippen LogP contribution in [0, 0.1) is 5.92 Å². The van der Waals surface area contributed by atoms with Crippen LogP contribution in [-0.2, 0) is 0 Å². The molecule has 1 aliphatic rings. The minimum absolute atomic E-state index is 0.0840. The largest absolute Gasteiger partial charge is 0.306 e. The third-order valence-corrected chi connectivity index (χ3v) is 3.52. The van der Waals surface area contributed by atoms with Crippen LogP contribution in [0.3, 0.4) is 0 Å². The number of carbonyl (C=O) groups excluding carboxylic acids is 1. The number of halogens is 2. The van der Waals surface area contributed by atoms with Gasteiger partial charge in [0, 0.05) is 11.5 Å². The Morgan fingerprint density at radius 3 is 2.35 bits per heavy atom. The van der Waals surface area contributed by atoms with Crippen molar-refractivity contribution >= 4 is 29.0 Å². The summed E-state index contributed by atoms with van der Waals surface area (Å²) in [7, 11) is 2.07. The summed E-state index contributed by atoms with van der Waals surface area (Å²) in [5.74, 6) is 0.213. The van der Waals surface area contributed by atoms with Crippen molar-refractivity contribution in [1.82, 2.24) is 9.88 Å². The summed E-state index contributed by atoms with van der Waals surface area (Å²) in [6.07, 6.45) is 1.79. The second-order valence-electron chi connectivity index (χ2n) is 4.44. The van der Waals surface area contributed by atoms with E-state index in [2.05, 4.69) is 16.9 Å². The van der Waals surface area contributed by atoms with Crippen molar-refractivity contribution in [2.75, 3.05) is 20.1 Å². The van der Waals surface area contributed by atoms with Crippen molar-refractivity contribution < 1.29 is 4.79 Å². The molecule has 0 unspecified atom stereocenters. The van der Waals surface area contributed by atoms with E-state index in [0.29, 0.717) is 5.56 Å². The van der Waals surface area contributed by atoms with Crippen molar-refractivity contribution in [1.29, 1.82) is 0 Å². The third-order valence-electron chi connectivity index (χ3n) is 3.14. The highest BCUT2D eigenvalue weighted by molar-refractivity contribution is 6.33. The van der Waals surface area contributed by atoms with Crippen LogP contribution in [0.15, 0.2) is 12.1 Å². The van der Waals surface area contributed by atoms with E-state index in [4.69, 9.17) is 23.2 Å². The van der Waals surface area contributed by atoms with Gasteiger partial charge in [0.1, 0.15) is 10.3 Å². The van der Waals surface area contributed by atoms with Crippen LogP contribution in [0.5, 0.6) is 0 Å². The summed E-state index contributed by atoms with van der Waals surface area (Å²) in [5.41, 5.74) is 0.574. The van der Waals surface area contributed by atoms with Crippen LogP contribution < -0.4 is 0 Å². The zero-order chi connectivity index (χ0) is 12.4. The molecule has 0 bridgehead atoms. The number of rotatable bonds is 2. The van der Waals surface area contributed by atoms with Crippen molar-refractivity contribution in [2.24, 2.45) is 5.92 Å². The number of carbonyl (C=O) groups is 1. The van der Waals surface area contributed by atoms with Gasteiger partial charge in [0.05, 0.1) is 0 Å². The Kier molecular flexibility index (Phi) is 4.02. The lowest BCUT2D eigenvalue weighted by Gasteiger charge is -2.28. The maximum Gasteiger partial charge on any atom is 0.166 e. The van der Waals surface area contributed by atoms with Gasteiger partial charge in [0.15, 0.2) is 5.78 Å². The summed E-state index contributed by atoms with van der Waals surface area (Å²) in [6.45, 7) is 1.92. The number of piperidine rings is 1. The molecule has 0 aromatic carbocycles. The molecule has 0 atom stereocenters. The zero-order valence-corrected chi connectivity index (χ0v) is 11.1. The van der Waals surface area contributed by atoms with Gasteiger partial charge in [-0.3, -0.25) is 4.79 Å². The lowest BCUT2D eigenvalue weighted by molar-refractivity contribution is 0.0856. The summed E-state index contributed by atoms with van der Waals surface area (Å²) in [4.78, 5) is 18.3. The van der Waals surface area contributed by atoms with E-state index >= 15 is 0 Å². The number of nitrogens with zero attached hydrogens (tertiary/aromatic N) is 2. The van der Waals surface area contributed by atoms with Crippen LogP contribution in [-0.4, -0.2) is 35.8 Å². The summed E-state index contributed by atoms with van der Waals surface area (Å²) in [5, 5.41) is 0.544. The lowest BCUT2D eigenvalue weighted by atomic mass is 9.89. The first-order valence-corrected chi connectivity index (χ1v) is 6.37. The molecule has 0 saturated carbocycles. The molecule has 3 nitrogen and oxygen atoms in total. The molecule has 0 radical (unpaired) electrons. The fourth-order valence-electron chi connectivity index (χ4n) is 2.11. The molecule has 5 heteroatoms. The maximum atomic E-state index is 12.2. The molecule has 2 heterocycles. The molecule has 0 aliphatic carbocycles. The fraction of sp³-hybridized carbons (Fsp3) is 0.500. The van der Waals surface area contributed by atoms with Gasteiger partial charge < -0.3 is 4.90 Å². The molecule has 2 rings (SSSR count). The van der Waals surface area contributed by atoms with Gasteiger partial charge >= 0.3 is 0 Å². The Morgan fingerprint density at radius 2 is 1.82 bits per heavy atom. The smallest absolute Gasteiger partial charge is 0.166 e. The number of ketones is 1. The molecular weight excluding hydrogens is 259 g/mol. The van der Waals surface area contributed by atoms with Gasteiger partial charge in [0.25, 0.3) is 0 Å². The number of hydrogen-bond donors (Lipinski definition) is 0. The number of hydrogen-bond acceptors (Lipinski definition) is 3. The van der Waals surface area contributed by atoms with Gasteiger partial charge in [-0.2, -0.15) is 0 Å². The molecular formula is C12H14Cl2N2O. The van der Waals surface area contributed by atoms with Crippen molar-refractivity contribution in [2.45, 2.75) is 12.8 Å². The highest BCUT2D eigenvalue weighted by Gasteiger charge is 2.24. The van der Waals surface area contributed by atoms with E-state index < -0.39 is 0 Å². The summed E-state index contributed by atoms with van der Waals surface area (Å²) >= 11 is 11.6. The van der Waals surface area contributed by atoms with Crippen LogP contribution >= 0.6 is 23.2 Å². The quantitative estimate of drug-likeness (QED) is 0.613. The minimum Gasteiger partial charge on any atom is -0.306 e. The third kappa shape index (κ3) is 3.18. The Bertz CT molecular complexity index is 408. The fourth-order valence-corrected chi connectivity index (χ4v) is 2.57. The average molecular weight is 273 g/mol. The molecule has 17 heavy (non-hydrogen) atoms. The first kappa shape index (κ1) is 12.8. The highest BCUT2D eigenvalue weighted by Crippen LogP contribution is 2.23. The van der Waals surface area contributed by atoms with Gasteiger partial charge in [-0.05, 0) is 45.1 Å². The average Bonchev–Trinajstić information content (AvgIpc) is 2.28. The highest BCUT2D eigenvalue weighted by atomic mass is 35.5. The predicted octanol–water partition coefficient (Wildman–Crippen LogP) is 2.91. The Hall–Kier alpha value is -0.640. The Balaban J connectivity index is 2.14. The van der Waals surface area contributed by atoms with Gasteiger partial charge in [-0.25, -0.2) is 4.98 Å². The zero-order valence-electron chi connectivity index (χ0n) is 9.62. The van der Waals surface area contributed by atoms with Crippen molar-refractivity contribution in [3.8, 4) is 0 Å². The minimum atomic E-state index is 0.0840. The van der Waals surface area contributed by atoms with E-state index in [1.165, 1.54) is 0 Å². The maximum absolute atomic E-state index is 12.2. The molecule has 0 amide bonds. The number of likely N-dealkylation sites (tertiary alicyclic amines) is 1. The SMILES string of the molecule is CN1CCC(C(=O)c2cc(Cl)nc(Cl)c2)CC1. The first-order valence-electron chi connectivity index (χ1n) is 5.62. The molecule has 1 aromatic rings. The van der Waals surface area contributed by atoms with Gasteiger partial charge in [0.2, 0.25) is 0 Å². The normalized spacial score (nSPS) is 18.3. The second kappa shape index (κ2) is 5.34. The molecule has 1 aliphatic heterocycles. The van der Waals surface area contributed by atoms with Crippen LogP contribution in [0.1, 0.15) is 23.2 Å². The molecule has 0 spiro atoms. The van der Waals surface area contributed by atoms with Crippen molar-refractivity contribution in [3.63, 3.8) is 0 Å². The molecule has 1 saturated heterocycles. The topological polar surface area (TPSA) is 33.2 Å². The molecule has 1 fully saturated rings. The standard InChI is InChI=1S/C12H14Cl2N2O/c1-16-4-2-8(3-5-16)12(17)9-6-10(13)15-11(14)7-9/h6-8H,2-5H2,1H3.